The molecule has 0 spiro atoms. The van der Waals surface area contributed by atoms with Gasteiger partial charge in [-0.2, -0.15) is 0 Å². The van der Waals surface area contributed by atoms with Crippen LogP contribution >= 0.6 is 11.6 Å². The fourth-order valence-electron chi connectivity index (χ4n) is 1.87. The van der Waals surface area contributed by atoms with E-state index in [1.165, 1.54) is 6.20 Å². The van der Waals surface area contributed by atoms with Gasteiger partial charge >= 0.3 is 6.09 Å². The number of rotatable bonds is 6. The number of hydrogen-bond donors (Lipinski definition) is 4. The fraction of sp³-hybridized carbons (Fsp3) is 0.267. The summed E-state index contributed by atoms with van der Waals surface area (Å²) < 4.78 is 4.99. The van der Waals surface area contributed by atoms with Gasteiger partial charge in [0.15, 0.2) is 0 Å². The number of ether oxygens (including phenoxy) is 1. The van der Waals surface area contributed by atoms with E-state index < -0.39 is 18.3 Å². The summed E-state index contributed by atoms with van der Waals surface area (Å²) in [4.78, 5) is 19.2. The number of nitrogens with two attached hydrogens (primary N) is 1. The van der Waals surface area contributed by atoms with Crippen LogP contribution in [0, 0.1) is 0 Å². The minimum absolute atomic E-state index is 0.0219. The zero-order chi connectivity index (χ0) is 17.5. The van der Waals surface area contributed by atoms with Crippen molar-refractivity contribution in [2.75, 3.05) is 12.3 Å². The van der Waals surface area contributed by atoms with E-state index in [9.17, 15) is 15.0 Å². The Bertz CT molecular complexity index is 686. The van der Waals surface area contributed by atoms with E-state index in [2.05, 4.69) is 15.3 Å². The number of carbonyl (C=O) groups excluding carboxylic acids is 1. The Balaban J connectivity index is 1.81. The van der Waals surface area contributed by atoms with Crippen LogP contribution in [0.2, 0.25) is 5.15 Å². The zero-order valence-corrected chi connectivity index (χ0v) is 13.3. The number of alkyl carbamates (subject to hydrolysis) is 1. The molecule has 0 saturated carbocycles. The van der Waals surface area contributed by atoms with E-state index >= 15 is 0 Å². The number of nitrogen functional groups attached to an aromatic ring is 1. The number of benzene rings is 1. The van der Waals surface area contributed by atoms with Crippen LogP contribution in [0.15, 0.2) is 36.5 Å². The van der Waals surface area contributed by atoms with Gasteiger partial charge in [-0.3, -0.25) is 4.98 Å². The lowest BCUT2D eigenvalue weighted by molar-refractivity contribution is 0.0162. The molecule has 8 nitrogen and oxygen atoms in total. The molecule has 0 saturated heterocycles. The van der Waals surface area contributed by atoms with E-state index in [1.54, 1.807) is 0 Å². The molecule has 1 amide bonds. The van der Waals surface area contributed by atoms with Gasteiger partial charge in [-0.25, -0.2) is 9.78 Å². The first-order valence-corrected chi connectivity index (χ1v) is 7.43. The average molecular weight is 353 g/mol. The first-order valence-electron chi connectivity index (χ1n) is 7.06. The SMILES string of the molecule is Nc1nc(Cl)cnc1C(O)C(O)CNC(=O)OCc1ccccc1. The highest BCUT2D eigenvalue weighted by molar-refractivity contribution is 6.29. The van der Waals surface area contributed by atoms with Gasteiger partial charge < -0.3 is 26.0 Å². The van der Waals surface area contributed by atoms with Crippen molar-refractivity contribution >= 4 is 23.5 Å². The summed E-state index contributed by atoms with van der Waals surface area (Å²) >= 11 is 5.62. The van der Waals surface area contributed by atoms with Crippen molar-refractivity contribution in [1.29, 1.82) is 0 Å². The normalized spacial score (nSPS) is 13.1. The maximum Gasteiger partial charge on any atom is 0.407 e. The number of nitrogens with one attached hydrogen (secondary N) is 1. The highest BCUT2D eigenvalue weighted by Gasteiger charge is 2.23. The summed E-state index contributed by atoms with van der Waals surface area (Å²) in [6.45, 7) is -0.153. The maximum absolute atomic E-state index is 11.6. The molecule has 0 bridgehead atoms. The van der Waals surface area contributed by atoms with Gasteiger partial charge in [0.2, 0.25) is 0 Å². The molecule has 1 heterocycles. The average Bonchev–Trinajstić information content (AvgIpc) is 2.58. The van der Waals surface area contributed by atoms with Crippen molar-refractivity contribution in [2.24, 2.45) is 0 Å². The van der Waals surface area contributed by atoms with Crippen molar-refractivity contribution < 1.29 is 19.7 Å². The van der Waals surface area contributed by atoms with Crippen LogP contribution in [0.3, 0.4) is 0 Å². The van der Waals surface area contributed by atoms with Gasteiger partial charge in [0.05, 0.1) is 6.20 Å². The minimum Gasteiger partial charge on any atom is -0.445 e. The molecule has 1 aromatic heterocycles. The van der Waals surface area contributed by atoms with Crippen LogP contribution < -0.4 is 11.1 Å². The lowest BCUT2D eigenvalue weighted by atomic mass is 10.1. The van der Waals surface area contributed by atoms with E-state index in [-0.39, 0.29) is 29.8 Å². The number of anilines is 1. The van der Waals surface area contributed by atoms with E-state index in [0.717, 1.165) is 5.56 Å². The van der Waals surface area contributed by atoms with Gasteiger partial charge in [-0.15, -0.1) is 0 Å². The number of hydrogen-bond acceptors (Lipinski definition) is 7. The van der Waals surface area contributed by atoms with Gasteiger partial charge in [0.25, 0.3) is 0 Å². The number of amides is 1. The predicted octanol–water partition coefficient (Wildman–Crippen LogP) is 1.03. The molecule has 1 aromatic carbocycles. The summed E-state index contributed by atoms with van der Waals surface area (Å²) in [5, 5.41) is 22.4. The standard InChI is InChI=1S/C15H17ClN4O4/c16-11-7-18-12(14(17)20-11)13(22)10(21)6-19-15(23)24-8-9-4-2-1-3-5-9/h1-5,7,10,13,21-22H,6,8H2,(H2,17,20)(H,19,23). The van der Waals surface area contributed by atoms with Crippen LogP contribution in [0.1, 0.15) is 17.4 Å². The molecule has 128 valence electrons. The third-order valence-corrected chi connectivity index (χ3v) is 3.29. The molecule has 24 heavy (non-hydrogen) atoms. The quantitative estimate of drug-likeness (QED) is 0.610. The lowest BCUT2D eigenvalue weighted by Crippen LogP contribution is -2.36. The first kappa shape index (κ1) is 17.9. The van der Waals surface area contributed by atoms with Crippen LogP contribution in [0.25, 0.3) is 0 Å². The second-order valence-corrected chi connectivity index (χ2v) is 5.31. The third kappa shape index (κ3) is 5.05. The number of halogens is 1. The monoisotopic (exact) mass is 352 g/mol. The highest BCUT2D eigenvalue weighted by atomic mass is 35.5. The van der Waals surface area contributed by atoms with Crippen molar-refractivity contribution in [3.8, 4) is 0 Å². The number of aliphatic hydroxyl groups excluding tert-OH is 2. The zero-order valence-electron chi connectivity index (χ0n) is 12.6. The maximum atomic E-state index is 11.6. The Hall–Kier alpha value is -2.42. The Morgan fingerprint density at radius 2 is 2.04 bits per heavy atom. The molecule has 2 rings (SSSR count). The number of aromatic nitrogens is 2. The van der Waals surface area contributed by atoms with E-state index in [1.807, 2.05) is 30.3 Å². The van der Waals surface area contributed by atoms with Gasteiger partial charge in [0, 0.05) is 6.54 Å². The summed E-state index contributed by atoms with van der Waals surface area (Å²) in [7, 11) is 0. The molecule has 0 aliphatic heterocycles. The van der Waals surface area contributed by atoms with Crippen molar-refractivity contribution in [3.63, 3.8) is 0 Å². The van der Waals surface area contributed by atoms with Gasteiger partial charge in [-0.05, 0) is 5.56 Å². The Morgan fingerprint density at radius 3 is 2.71 bits per heavy atom. The summed E-state index contributed by atoms with van der Waals surface area (Å²) in [5.41, 5.74) is 6.40. The Morgan fingerprint density at radius 1 is 1.33 bits per heavy atom. The molecule has 5 N–H and O–H groups in total. The van der Waals surface area contributed by atoms with Crippen LogP contribution in [-0.2, 0) is 11.3 Å². The molecule has 2 aromatic rings. The highest BCUT2D eigenvalue weighted by Crippen LogP contribution is 2.20. The Labute approximate surface area is 143 Å². The molecular formula is C15H17ClN4O4. The molecule has 0 aliphatic carbocycles. The second-order valence-electron chi connectivity index (χ2n) is 4.92. The van der Waals surface area contributed by atoms with Crippen LogP contribution in [0.5, 0.6) is 0 Å². The predicted molar refractivity (Wildman–Crippen MR) is 87.1 cm³/mol. The summed E-state index contributed by atoms with van der Waals surface area (Å²) in [5.74, 6) is -0.0966. The molecule has 9 heteroatoms. The Kier molecular flexibility index (Phi) is 6.30. The smallest absolute Gasteiger partial charge is 0.407 e. The molecule has 0 fully saturated rings. The largest absolute Gasteiger partial charge is 0.445 e. The topological polar surface area (TPSA) is 131 Å². The second kappa shape index (κ2) is 8.44. The van der Waals surface area contributed by atoms with Gasteiger partial charge in [0.1, 0.15) is 35.5 Å². The fourth-order valence-corrected chi connectivity index (χ4v) is 2.01. The number of nitrogens with zero attached hydrogens (tertiary/aromatic N) is 2. The van der Waals surface area contributed by atoms with Crippen molar-refractivity contribution in [3.05, 3.63) is 52.9 Å². The van der Waals surface area contributed by atoms with Crippen molar-refractivity contribution in [2.45, 2.75) is 18.8 Å². The minimum atomic E-state index is -1.43. The summed E-state index contributed by atoms with van der Waals surface area (Å²) in [6, 6.07) is 9.14. The molecule has 2 atom stereocenters. The van der Waals surface area contributed by atoms with E-state index in [4.69, 9.17) is 22.1 Å². The molecule has 0 aliphatic rings. The molecule has 2 unspecified atom stereocenters. The van der Waals surface area contributed by atoms with Gasteiger partial charge in [-0.1, -0.05) is 41.9 Å². The lowest BCUT2D eigenvalue weighted by Gasteiger charge is -2.18. The third-order valence-electron chi connectivity index (χ3n) is 3.11. The number of carbonyl (C=O) groups is 1. The van der Waals surface area contributed by atoms with E-state index in [0.29, 0.717) is 0 Å². The van der Waals surface area contributed by atoms with Crippen LogP contribution in [-0.4, -0.2) is 38.9 Å². The number of aliphatic hydroxyl groups is 2. The molecule has 0 radical (unpaired) electrons. The molecular weight excluding hydrogens is 336 g/mol. The first-order chi connectivity index (χ1) is 11.5. The van der Waals surface area contributed by atoms with Crippen molar-refractivity contribution in [1.82, 2.24) is 15.3 Å². The van der Waals surface area contributed by atoms with Crippen LogP contribution in [0.4, 0.5) is 10.6 Å². The summed E-state index contributed by atoms with van der Waals surface area (Å²) in [6.07, 6.45) is -2.29.